The zero-order chi connectivity index (χ0) is 16.1. The van der Waals surface area contributed by atoms with E-state index in [1.54, 1.807) is 6.33 Å². The van der Waals surface area contributed by atoms with Gasteiger partial charge in [-0.1, -0.05) is 0 Å². The molecule has 0 spiro atoms. The Morgan fingerprint density at radius 3 is 2.70 bits per heavy atom. The zero-order valence-electron chi connectivity index (χ0n) is 13.7. The van der Waals surface area contributed by atoms with Gasteiger partial charge in [-0.3, -0.25) is 0 Å². The number of aryl methyl sites for hydroxylation is 1. The van der Waals surface area contributed by atoms with Crippen molar-refractivity contribution in [3.05, 3.63) is 18.4 Å². The van der Waals surface area contributed by atoms with Crippen molar-refractivity contribution in [1.82, 2.24) is 24.6 Å². The van der Waals surface area contributed by atoms with Crippen LogP contribution >= 0.6 is 0 Å². The van der Waals surface area contributed by atoms with Crippen LogP contribution in [-0.2, 0) is 12.5 Å². The van der Waals surface area contributed by atoms with E-state index in [4.69, 9.17) is 4.42 Å². The van der Waals surface area contributed by atoms with E-state index in [1.807, 2.05) is 17.8 Å². The molecule has 2 aromatic heterocycles. The maximum atomic E-state index is 10.2. The lowest BCUT2D eigenvalue weighted by Crippen LogP contribution is -2.58. The standard InChI is InChI=1S/C16H23N5O2/c1-15(9-21(10-15)7-6-16(22)4-3-5-16)14-19-18-13(23-14)12-8-20(2)11-17-12/h8,11,22H,3-7,9-10H2,1-2H3. The molecule has 3 heterocycles. The molecular weight excluding hydrogens is 294 g/mol. The highest BCUT2D eigenvalue weighted by atomic mass is 16.4. The van der Waals surface area contributed by atoms with Crippen molar-refractivity contribution in [3.63, 3.8) is 0 Å². The fourth-order valence-electron chi connectivity index (χ4n) is 3.53. The average molecular weight is 317 g/mol. The van der Waals surface area contributed by atoms with E-state index in [9.17, 15) is 5.11 Å². The minimum atomic E-state index is -0.400. The summed E-state index contributed by atoms with van der Waals surface area (Å²) in [5, 5.41) is 18.5. The van der Waals surface area contributed by atoms with Gasteiger partial charge in [0.25, 0.3) is 5.89 Å². The van der Waals surface area contributed by atoms with Gasteiger partial charge >= 0.3 is 0 Å². The summed E-state index contributed by atoms with van der Waals surface area (Å²) < 4.78 is 7.70. The third kappa shape index (κ3) is 2.68. The lowest BCUT2D eigenvalue weighted by Gasteiger charge is -2.47. The van der Waals surface area contributed by atoms with Gasteiger partial charge in [-0.15, -0.1) is 10.2 Å². The first-order chi connectivity index (χ1) is 11.0. The predicted molar refractivity (Wildman–Crippen MR) is 83.7 cm³/mol. The van der Waals surface area contributed by atoms with Crippen LogP contribution in [0.3, 0.4) is 0 Å². The summed E-state index contributed by atoms with van der Waals surface area (Å²) in [6.45, 7) is 4.88. The highest BCUT2D eigenvalue weighted by molar-refractivity contribution is 5.44. The molecule has 1 aliphatic carbocycles. The molecule has 1 N–H and O–H groups in total. The third-order valence-electron chi connectivity index (χ3n) is 5.19. The van der Waals surface area contributed by atoms with Crippen molar-refractivity contribution in [1.29, 1.82) is 0 Å². The molecule has 7 nitrogen and oxygen atoms in total. The molecule has 1 saturated heterocycles. The van der Waals surface area contributed by atoms with E-state index in [1.165, 1.54) is 0 Å². The summed E-state index contributed by atoms with van der Waals surface area (Å²) in [5.74, 6) is 1.15. The summed E-state index contributed by atoms with van der Waals surface area (Å²) in [7, 11) is 1.91. The van der Waals surface area contributed by atoms with E-state index in [2.05, 4.69) is 27.0 Å². The van der Waals surface area contributed by atoms with Crippen molar-refractivity contribution in [2.24, 2.45) is 7.05 Å². The van der Waals surface area contributed by atoms with E-state index < -0.39 is 5.60 Å². The quantitative estimate of drug-likeness (QED) is 0.896. The monoisotopic (exact) mass is 317 g/mol. The molecular formula is C16H23N5O2. The average Bonchev–Trinajstić information content (AvgIpc) is 3.09. The molecule has 0 unspecified atom stereocenters. The van der Waals surface area contributed by atoms with E-state index in [0.29, 0.717) is 17.5 Å². The molecule has 0 amide bonds. The molecule has 2 aromatic rings. The van der Waals surface area contributed by atoms with E-state index in [0.717, 1.165) is 45.3 Å². The van der Waals surface area contributed by atoms with Crippen molar-refractivity contribution in [2.75, 3.05) is 19.6 Å². The number of nitrogens with zero attached hydrogens (tertiary/aromatic N) is 5. The van der Waals surface area contributed by atoms with Crippen LogP contribution < -0.4 is 0 Å². The van der Waals surface area contributed by atoms with Gasteiger partial charge in [0.15, 0.2) is 0 Å². The van der Waals surface area contributed by atoms with Gasteiger partial charge in [0.2, 0.25) is 5.89 Å². The molecule has 2 fully saturated rings. The Morgan fingerprint density at radius 1 is 1.30 bits per heavy atom. The summed E-state index contributed by atoms with van der Waals surface area (Å²) in [5.41, 5.74) is 0.212. The highest BCUT2D eigenvalue weighted by Gasteiger charge is 2.45. The third-order valence-corrected chi connectivity index (χ3v) is 5.19. The van der Waals surface area contributed by atoms with Crippen LogP contribution in [0.5, 0.6) is 0 Å². The number of hydrogen-bond donors (Lipinski definition) is 1. The molecule has 0 bridgehead atoms. The summed E-state index contributed by atoms with van der Waals surface area (Å²) in [6, 6.07) is 0. The molecule has 0 radical (unpaired) electrons. The number of aromatic nitrogens is 4. The number of aliphatic hydroxyl groups is 1. The first-order valence-electron chi connectivity index (χ1n) is 8.23. The largest absolute Gasteiger partial charge is 0.419 e. The first kappa shape index (κ1) is 14.8. The van der Waals surface area contributed by atoms with Crippen LogP contribution in [0.25, 0.3) is 11.6 Å². The Balaban J connectivity index is 1.36. The van der Waals surface area contributed by atoms with Gasteiger partial charge in [-0.25, -0.2) is 4.98 Å². The minimum absolute atomic E-state index is 0.0950. The summed E-state index contributed by atoms with van der Waals surface area (Å²) in [6.07, 6.45) is 7.52. The molecule has 1 aliphatic heterocycles. The first-order valence-corrected chi connectivity index (χ1v) is 8.23. The SMILES string of the molecule is Cn1cnc(-c2nnc(C3(C)CN(CCC4(O)CCC4)C3)o2)c1. The van der Waals surface area contributed by atoms with Gasteiger partial charge in [0, 0.05) is 32.9 Å². The van der Waals surface area contributed by atoms with Gasteiger partial charge in [0.1, 0.15) is 5.69 Å². The molecule has 2 aliphatic rings. The van der Waals surface area contributed by atoms with Crippen LogP contribution in [0.2, 0.25) is 0 Å². The normalized spacial score (nSPS) is 22.6. The van der Waals surface area contributed by atoms with Crippen molar-refractivity contribution in [3.8, 4) is 11.6 Å². The van der Waals surface area contributed by atoms with Crippen molar-refractivity contribution in [2.45, 2.75) is 43.6 Å². The maximum absolute atomic E-state index is 10.2. The minimum Gasteiger partial charge on any atom is -0.419 e. The second-order valence-corrected chi connectivity index (χ2v) is 7.44. The molecule has 0 aromatic carbocycles. The number of imidazole rings is 1. The molecule has 1 saturated carbocycles. The van der Waals surface area contributed by atoms with E-state index >= 15 is 0 Å². The van der Waals surface area contributed by atoms with Gasteiger partial charge in [0.05, 0.1) is 17.3 Å². The zero-order valence-corrected chi connectivity index (χ0v) is 13.7. The Bertz CT molecular complexity index is 697. The number of rotatable bonds is 5. The van der Waals surface area contributed by atoms with Gasteiger partial charge < -0.3 is 19.0 Å². The lowest BCUT2D eigenvalue weighted by atomic mass is 9.76. The second kappa shape index (κ2) is 5.14. The molecule has 124 valence electrons. The van der Waals surface area contributed by atoms with Gasteiger partial charge in [-0.05, 0) is 32.6 Å². The smallest absolute Gasteiger partial charge is 0.267 e. The Kier molecular flexibility index (Phi) is 3.32. The molecule has 7 heteroatoms. The fraction of sp³-hybridized carbons (Fsp3) is 0.688. The van der Waals surface area contributed by atoms with Crippen LogP contribution in [0.1, 0.15) is 38.5 Å². The fourth-order valence-corrected chi connectivity index (χ4v) is 3.53. The Hall–Kier alpha value is -1.73. The van der Waals surface area contributed by atoms with Gasteiger partial charge in [-0.2, -0.15) is 0 Å². The Labute approximate surface area is 135 Å². The topological polar surface area (TPSA) is 80.2 Å². The van der Waals surface area contributed by atoms with Crippen LogP contribution in [-0.4, -0.2) is 55.0 Å². The van der Waals surface area contributed by atoms with Crippen molar-refractivity contribution >= 4 is 0 Å². The molecule has 4 rings (SSSR count). The molecule has 0 atom stereocenters. The van der Waals surface area contributed by atoms with Crippen molar-refractivity contribution < 1.29 is 9.52 Å². The lowest BCUT2D eigenvalue weighted by molar-refractivity contribution is -0.0569. The highest BCUT2D eigenvalue weighted by Crippen LogP contribution is 2.38. The summed E-state index contributed by atoms with van der Waals surface area (Å²) in [4.78, 5) is 6.59. The van der Waals surface area contributed by atoms with Crippen LogP contribution in [0.15, 0.2) is 16.9 Å². The maximum Gasteiger partial charge on any atom is 0.267 e. The number of hydrogen-bond acceptors (Lipinski definition) is 6. The summed E-state index contributed by atoms with van der Waals surface area (Å²) >= 11 is 0. The predicted octanol–water partition coefficient (Wildman–Crippen LogP) is 1.35. The second-order valence-electron chi connectivity index (χ2n) is 7.44. The Morgan fingerprint density at radius 2 is 2.09 bits per heavy atom. The van der Waals surface area contributed by atoms with Crippen LogP contribution in [0, 0.1) is 0 Å². The van der Waals surface area contributed by atoms with E-state index in [-0.39, 0.29) is 5.41 Å². The van der Waals surface area contributed by atoms with Crippen LogP contribution in [0.4, 0.5) is 0 Å². The number of likely N-dealkylation sites (tertiary alicyclic amines) is 1. The molecule has 23 heavy (non-hydrogen) atoms.